The second-order valence-electron chi connectivity index (χ2n) is 15.6. The van der Waals surface area contributed by atoms with E-state index in [1.807, 2.05) is 70.5 Å². The first-order valence-electron chi connectivity index (χ1n) is 20.7. The molecule has 6 heteroatoms. The molecule has 6 aliphatic rings. The van der Waals surface area contributed by atoms with Crippen molar-refractivity contribution < 1.29 is 18.4 Å². The number of unbranched alkanes of at least 4 members (excludes halogenated alkanes) is 2. The van der Waals surface area contributed by atoms with Crippen LogP contribution in [0.5, 0.6) is 0 Å². The molecule has 0 fully saturated rings. The Kier molecular flexibility index (Phi) is 10.8. The van der Waals surface area contributed by atoms with Crippen molar-refractivity contribution in [3.8, 4) is 44.9 Å². The van der Waals surface area contributed by atoms with Gasteiger partial charge < -0.3 is 18.6 Å². The van der Waals surface area contributed by atoms with E-state index in [0.717, 1.165) is 84.7 Å². The number of carbonyl (C=O) groups is 2. The monoisotopic (exact) mass is 744 g/mol. The van der Waals surface area contributed by atoms with Gasteiger partial charge in [0, 0.05) is 24.2 Å². The lowest BCUT2D eigenvalue weighted by Crippen LogP contribution is -2.34. The lowest BCUT2D eigenvalue weighted by atomic mass is 9.98. The number of fused-ring (bicyclic) bond motifs is 3. The van der Waals surface area contributed by atoms with Crippen LogP contribution in [0.1, 0.15) is 90.6 Å². The largest absolute Gasteiger partial charge is 0.455 e. The summed E-state index contributed by atoms with van der Waals surface area (Å²) < 4.78 is 13.4. The van der Waals surface area contributed by atoms with Crippen LogP contribution in [-0.2, 0) is 9.59 Å². The van der Waals surface area contributed by atoms with Gasteiger partial charge in [0.05, 0.1) is 11.1 Å². The van der Waals surface area contributed by atoms with Crippen molar-refractivity contribution in [3.05, 3.63) is 132 Å². The molecule has 4 heterocycles. The van der Waals surface area contributed by atoms with Crippen LogP contribution < -0.4 is 0 Å². The van der Waals surface area contributed by atoms with Gasteiger partial charge in [0.15, 0.2) is 11.5 Å². The average Bonchev–Trinajstić information content (AvgIpc) is 4.06. The molecular formula is C50H52N2O4. The summed E-state index contributed by atoms with van der Waals surface area (Å²) in [6, 6.07) is 36.9. The van der Waals surface area contributed by atoms with Gasteiger partial charge in [-0.3, -0.25) is 9.59 Å². The first kappa shape index (κ1) is 37.3. The molecule has 0 saturated heterocycles. The van der Waals surface area contributed by atoms with Crippen LogP contribution in [0.3, 0.4) is 0 Å². The average molecular weight is 745 g/mol. The molecule has 4 aliphatic carbocycles. The Balaban J connectivity index is 1.27. The van der Waals surface area contributed by atoms with Gasteiger partial charge >= 0.3 is 0 Å². The topological polar surface area (TPSA) is 66.9 Å². The number of hydrogen-bond acceptors (Lipinski definition) is 4. The maximum Gasteiger partial charge on any atom is 0.261 e. The van der Waals surface area contributed by atoms with Gasteiger partial charge in [0.1, 0.15) is 22.9 Å². The zero-order valence-corrected chi connectivity index (χ0v) is 33.1. The number of nitrogens with zero attached hydrogens (tertiary/aromatic N) is 2. The highest BCUT2D eigenvalue weighted by atomic mass is 16.3. The Morgan fingerprint density at radius 1 is 0.464 bits per heavy atom. The summed E-state index contributed by atoms with van der Waals surface area (Å²) >= 11 is 0. The number of amides is 2. The summed E-state index contributed by atoms with van der Waals surface area (Å²) in [5.41, 5.74) is 8.39. The molecule has 8 rings (SSSR count). The van der Waals surface area contributed by atoms with E-state index >= 15 is 9.59 Å². The van der Waals surface area contributed by atoms with Crippen molar-refractivity contribution >= 4 is 23.2 Å². The summed E-state index contributed by atoms with van der Waals surface area (Å²) in [4.78, 5) is 33.9. The zero-order valence-electron chi connectivity index (χ0n) is 33.1. The minimum Gasteiger partial charge on any atom is -0.455 e. The Hall–Kier alpha value is -5.62. The summed E-state index contributed by atoms with van der Waals surface area (Å²) in [5, 5.41) is 0. The van der Waals surface area contributed by atoms with Crippen molar-refractivity contribution in [2.75, 3.05) is 13.1 Å². The fourth-order valence-electron chi connectivity index (χ4n) is 8.56. The van der Waals surface area contributed by atoms with Crippen LogP contribution in [0.25, 0.3) is 56.3 Å². The van der Waals surface area contributed by atoms with E-state index in [4.69, 9.17) is 8.83 Å². The van der Waals surface area contributed by atoms with E-state index in [1.54, 1.807) is 0 Å². The van der Waals surface area contributed by atoms with Crippen LogP contribution in [0.4, 0.5) is 0 Å². The second-order valence-corrected chi connectivity index (χ2v) is 15.6. The van der Waals surface area contributed by atoms with Gasteiger partial charge in [0.2, 0.25) is 0 Å². The molecule has 2 atom stereocenters. The van der Waals surface area contributed by atoms with Gasteiger partial charge in [-0.1, -0.05) is 127 Å². The normalized spacial score (nSPS) is 15.6. The first-order valence-corrected chi connectivity index (χ1v) is 20.7. The molecule has 0 radical (unpaired) electrons. The molecule has 0 spiro atoms. The molecule has 0 aromatic carbocycles. The van der Waals surface area contributed by atoms with Crippen LogP contribution in [0.15, 0.2) is 129 Å². The third-order valence-corrected chi connectivity index (χ3v) is 11.9. The van der Waals surface area contributed by atoms with Crippen molar-refractivity contribution in [1.29, 1.82) is 0 Å². The Morgan fingerprint density at radius 3 is 1.16 bits per heavy atom. The molecule has 2 aromatic heterocycles. The van der Waals surface area contributed by atoms with Crippen LogP contribution in [0, 0.1) is 11.8 Å². The van der Waals surface area contributed by atoms with Gasteiger partial charge in [-0.25, -0.2) is 0 Å². The molecule has 6 nitrogen and oxygen atoms in total. The SMILES string of the molecule is CCCCC(CC)CN1C(=O)C2=C(c3ccc(-c4cc5cccccc-5c4)o3)N(CC(CC)CCCC)C(=O)C2=C1c1ccc(-c2cc3cccccc-3c2)o1. The third kappa shape index (κ3) is 7.02. The molecule has 0 bridgehead atoms. The van der Waals surface area contributed by atoms with Crippen LogP contribution in [-0.4, -0.2) is 34.7 Å². The van der Waals surface area contributed by atoms with Gasteiger partial charge in [-0.2, -0.15) is 0 Å². The minimum absolute atomic E-state index is 0.161. The molecule has 0 saturated carbocycles. The predicted octanol–water partition coefficient (Wildman–Crippen LogP) is 12.7. The lowest BCUT2D eigenvalue weighted by molar-refractivity contribution is -0.124. The Bertz CT molecular complexity index is 2130. The first-order chi connectivity index (χ1) is 27.4. The summed E-state index contributed by atoms with van der Waals surface area (Å²) in [7, 11) is 0. The van der Waals surface area contributed by atoms with E-state index in [-0.39, 0.29) is 23.7 Å². The highest BCUT2D eigenvalue weighted by molar-refractivity contribution is 6.30. The Morgan fingerprint density at radius 2 is 0.821 bits per heavy atom. The Labute approximate surface area is 331 Å². The third-order valence-electron chi connectivity index (χ3n) is 11.9. The van der Waals surface area contributed by atoms with E-state index in [0.29, 0.717) is 58.7 Å². The highest BCUT2D eigenvalue weighted by Crippen LogP contribution is 2.49. The van der Waals surface area contributed by atoms with Crippen LogP contribution in [0.2, 0.25) is 0 Å². The van der Waals surface area contributed by atoms with Gasteiger partial charge in [0.25, 0.3) is 11.8 Å². The fourth-order valence-corrected chi connectivity index (χ4v) is 8.56. The number of hydrogen-bond donors (Lipinski definition) is 0. The highest BCUT2D eigenvalue weighted by Gasteiger charge is 2.51. The van der Waals surface area contributed by atoms with Gasteiger partial charge in [-0.15, -0.1) is 0 Å². The van der Waals surface area contributed by atoms with E-state index in [1.165, 1.54) is 0 Å². The molecule has 2 unspecified atom stereocenters. The number of rotatable bonds is 16. The van der Waals surface area contributed by atoms with Crippen molar-refractivity contribution in [1.82, 2.24) is 9.80 Å². The fraction of sp³-hybridized carbons (Fsp3) is 0.320. The second kappa shape index (κ2) is 16.2. The maximum absolute atomic E-state index is 15.1. The van der Waals surface area contributed by atoms with Crippen LogP contribution >= 0.6 is 0 Å². The summed E-state index contributed by atoms with van der Waals surface area (Å²) in [6.07, 6.45) is 8.23. The maximum atomic E-state index is 15.1. The molecule has 0 N–H and O–H groups in total. The van der Waals surface area contributed by atoms with E-state index in [2.05, 4.69) is 76.2 Å². The molecule has 286 valence electrons. The number of carbonyl (C=O) groups excluding carboxylic acids is 2. The molecule has 2 aliphatic heterocycles. The molecule has 56 heavy (non-hydrogen) atoms. The van der Waals surface area contributed by atoms with Crippen molar-refractivity contribution in [2.24, 2.45) is 11.8 Å². The predicted molar refractivity (Wildman–Crippen MR) is 225 cm³/mol. The minimum atomic E-state index is -0.161. The van der Waals surface area contributed by atoms with Crippen molar-refractivity contribution in [3.63, 3.8) is 0 Å². The smallest absolute Gasteiger partial charge is 0.261 e. The quantitative estimate of drug-likeness (QED) is 0.0989. The van der Waals surface area contributed by atoms with Crippen molar-refractivity contribution in [2.45, 2.75) is 79.1 Å². The zero-order chi connectivity index (χ0) is 38.8. The summed E-state index contributed by atoms with van der Waals surface area (Å²) in [6.45, 7) is 9.81. The molecule has 2 amide bonds. The number of furan rings is 2. The van der Waals surface area contributed by atoms with E-state index in [9.17, 15) is 0 Å². The van der Waals surface area contributed by atoms with Gasteiger partial charge in [-0.05, 0) is 95.5 Å². The molecule has 2 aromatic rings. The summed E-state index contributed by atoms with van der Waals surface area (Å²) in [5.74, 6) is 2.70. The lowest BCUT2D eigenvalue weighted by Gasteiger charge is -2.28. The molecular weight excluding hydrogens is 693 g/mol. The standard InChI is InChI=1S/C50H52N2O4/c1-5-9-17-33(7-3)31-51-47(43-25-23-41(55-43)39-27-35-19-13-11-14-20-36(35)28-39)45-46(49(51)53)48(52(50(45)54)32-34(8-4)18-10-6-2)44-26-24-42(56-44)40-29-37-21-15-12-16-22-38(37)30-40/h11-16,19-30,33-34H,5-10,17-18,31-32H2,1-4H3. The van der Waals surface area contributed by atoms with E-state index < -0.39 is 0 Å².